The molecule has 2 rings (SSSR count). The molecule has 5 heteroatoms. The lowest BCUT2D eigenvalue weighted by Gasteiger charge is -2.35. The molecule has 0 radical (unpaired) electrons. The largest absolute Gasteiger partial charge is 0.324 e. The Hall–Kier alpha value is -2.30. The third kappa shape index (κ3) is 2.13. The second kappa shape index (κ2) is 3.93. The Kier molecular flexibility index (Phi) is 2.59. The van der Waals surface area contributed by atoms with Gasteiger partial charge in [0.15, 0.2) is 0 Å². The van der Waals surface area contributed by atoms with Gasteiger partial charge in [0.1, 0.15) is 5.66 Å². The van der Waals surface area contributed by atoms with Crippen molar-refractivity contribution < 1.29 is 9.59 Å². The Morgan fingerprint density at radius 3 is 2.12 bits per heavy atom. The number of carbonyl (C=O) groups excluding carboxylic acids is 2. The predicted molar refractivity (Wildman–Crippen MR) is 64.1 cm³/mol. The minimum absolute atomic E-state index is 0.510. The van der Waals surface area contributed by atoms with Crippen molar-refractivity contribution in [2.24, 2.45) is 0 Å². The van der Waals surface area contributed by atoms with E-state index in [2.05, 4.69) is 22.5 Å². The van der Waals surface area contributed by atoms with Crippen LogP contribution in [0.4, 0.5) is 9.59 Å². The van der Waals surface area contributed by atoms with Crippen molar-refractivity contribution >= 4 is 18.1 Å². The summed E-state index contributed by atoms with van der Waals surface area (Å²) in [5, 5.41) is 7.45. The Morgan fingerprint density at radius 1 is 1.12 bits per heavy atom. The van der Waals surface area contributed by atoms with Gasteiger partial charge >= 0.3 is 12.1 Å². The summed E-state index contributed by atoms with van der Waals surface area (Å²) in [5.41, 5.74) is 0.884. The second-order valence-corrected chi connectivity index (χ2v) is 3.98. The van der Waals surface area contributed by atoms with Gasteiger partial charge in [-0.05, 0) is 18.1 Å². The first-order valence-electron chi connectivity index (χ1n) is 5.18. The van der Waals surface area contributed by atoms with Crippen LogP contribution in [0.3, 0.4) is 0 Å². The van der Waals surface area contributed by atoms with Crippen molar-refractivity contribution in [3.8, 4) is 0 Å². The summed E-state index contributed by atoms with van der Waals surface area (Å²) >= 11 is 0. The van der Waals surface area contributed by atoms with Gasteiger partial charge in [0.05, 0.1) is 0 Å². The Labute approximate surface area is 98.9 Å². The Morgan fingerprint density at radius 2 is 1.65 bits per heavy atom. The molecule has 5 nitrogen and oxygen atoms in total. The molecular weight excluding hydrogens is 218 g/mol. The number of carbonyl (C=O) groups is 2. The van der Waals surface area contributed by atoms with Crippen molar-refractivity contribution in [3.63, 3.8) is 0 Å². The summed E-state index contributed by atoms with van der Waals surface area (Å²) in [5.74, 6) is 0. The summed E-state index contributed by atoms with van der Waals surface area (Å²) in [6.07, 6.45) is 1.73. The van der Waals surface area contributed by atoms with Crippen LogP contribution in [0.15, 0.2) is 30.8 Å². The minimum atomic E-state index is -0.890. The fourth-order valence-electron chi connectivity index (χ4n) is 1.75. The molecule has 0 bridgehead atoms. The van der Waals surface area contributed by atoms with E-state index in [1.165, 1.54) is 0 Å². The molecule has 0 unspecified atom stereocenters. The first-order chi connectivity index (χ1) is 8.03. The van der Waals surface area contributed by atoms with Crippen LogP contribution in [0, 0.1) is 0 Å². The third-order valence-corrected chi connectivity index (χ3v) is 2.68. The van der Waals surface area contributed by atoms with Crippen molar-refractivity contribution in [1.82, 2.24) is 16.0 Å². The maximum absolute atomic E-state index is 11.3. The van der Waals surface area contributed by atoms with Crippen LogP contribution >= 0.6 is 0 Å². The highest BCUT2D eigenvalue weighted by molar-refractivity contribution is 5.96. The zero-order chi connectivity index (χ0) is 12.5. The van der Waals surface area contributed by atoms with E-state index in [1.54, 1.807) is 13.0 Å². The molecule has 1 aliphatic rings. The SMILES string of the molecule is C=Cc1ccc(C2(C)NC(=O)NC(=O)N2)cc1. The third-order valence-electron chi connectivity index (χ3n) is 2.68. The van der Waals surface area contributed by atoms with E-state index >= 15 is 0 Å². The zero-order valence-corrected chi connectivity index (χ0v) is 9.41. The van der Waals surface area contributed by atoms with Gasteiger partial charge in [0, 0.05) is 0 Å². The summed E-state index contributed by atoms with van der Waals surface area (Å²) in [7, 11) is 0. The molecule has 17 heavy (non-hydrogen) atoms. The first kappa shape index (κ1) is 11.2. The molecule has 1 fully saturated rings. The van der Waals surface area contributed by atoms with Gasteiger partial charge in [-0.1, -0.05) is 36.9 Å². The molecule has 1 aromatic rings. The molecular formula is C12H13N3O2. The molecule has 0 spiro atoms. The quantitative estimate of drug-likeness (QED) is 0.722. The molecule has 4 amide bonds. The van der Waals surface area contributed by atoms with Gasteiger partial charge in [-0.3, -0.25) is 5.32 Å². The number of rotatable bonds is 2. The number of imide groups is 1. The standard InChI is InChI=1S/C12H13N3O2/c1-3-8-4-6-9(7-5-8)12(2)14-10(16)13-11(17)15-12/h3-7H,1H2,2H3,(H3,13,14,15,16,17). The molecule has 0 saturated carbocycles. The molecule has 1 aromatic carbocycles. The average molecular weight is 231 g/mol. The van der Waals surface area contributed by atoms with Crippen LogP contribution in [-0.2, 0) is 5.66 Å². The Balaban J connectivity index is 2.32. The highest BCUT2D eigenvalue weighted by atomic mass is 16.2. The van der Waals surface area contributed by atoms with Gasteiger partial charge < -0.3 is 10.6 Å². The van der Waals surface area contributed by atoms with Gasteiger partial charge in [0.2, 0.25) is 0 Å². The van der Waals surface area contributed by atoms with Crippen LogP contribution in [-0.4, -0.2) is 12.1 Å². The van der Waals surface area contributed by atoms with Gasteiger partial charge in [-0.2, -0.15) is 0 Å². The fourth-order valence-corrected chi connectivity index (χ4v) is 1.75. The van der Waals surface area contributed by atoms with E-state index < -0.39 is 17.7 Å². The van der Waals surface area contributed by atoms with E-state index in [9.17, 15) is 9.59 Å². The second-order valence-electron chi connectivity index (χ2n) is 3.98. The van der Waals surface area contributed by atoms with E-state index in [0.29, 0.717) is 0 Å². The van der Waals surface area contributed by atoms with Crippen LogP contribution < -0.4 is 16.0 Å². The van der Waals surface area contributed by atoms with E-state index in [0.717, 1.165) is 11.1 Å². The first-order valence-corrected chi connectivity index (χ1v) is 5.18. The molecule has 0 aromatic heterocycles. The lowest BCUT2D eigenvalue weighted by Crippen LogP contribution is -2.66. The maximum atomic E-state index is 11.3. The minimum Gasteiger partial charge on any atom is -0.311 e. The van der Waals surface area contributed by atoms with Gasteiger partial charge in [0.25, 0.3) is 0 Å². The van der Waals surface area contributed by atoms with E-state index in [4.69, 9.17) is 0 Å². The molecule has 1 saturated heterocycles. The number of urea groups is 2. The number of benzene rings is 1. The molecule has 3 N–H and O–H groups in total. The fraction of sp³-hybridized carbons (Fsp3) is 0.167. The normalized spacial score (nSPS) is 17.7. The number of hydrogen-bond donors (Lipinski definition) is 3. The summed E-state index contributed by atoms with van der Waals surface area (Å²) in [6, 6.07) is 6.39. The number of nitrogens with one attached hydrogen (secondary N) is 3. The van der Waals surface area contributed by atoms with Crippen LogP contribution in [0.5, 0.6) is 0 Å². The van der Waals surface area contributed by atoms with Crippen molar-refractivity contribution in [3.05, 3.63) is 42.0 Å². The topological polar surface area (TPSA) is 70.2 Å². The monoisotopic (exact) mass is 231 g/mol. The predicted octanol–water partition coefficient (Wildman–Crippen LogP) is 1.52. The van der Waals surface area contributed by atoms with Crippen molar-refractivity contribution in [2.75, 3.05) is 0 Å². The van der Waals surface area contributed by atoms with Crippen LogP contribution in [0.2, 0.25) is 0 Å². The molecule has 88 valence electrons. The van der Waals surface area contributed by atoms with E-state index in [1.807, 2.05) is 24.3 Å². The molecule has 0 atom stereocenters. The maximum Gasteiger partial charge on any atom is 0.324 e. The summed E-state index contributed by atoms with van der Waals surface area (Å²) in [4.78, 5) is 22.6. The van der Waals surface area contributed by atoms with Crippen LogP contribution in [0.1, 0.15) is 18.1 Å². The molecule has 1 aliphatic heterocycles. The highest BCUT2D eigenvalue weighted by Gasteiger charge is 2.35. The zero-order valence-electron chi connectivity index (χ0n) is 9.41. The summed E-state index contributed by atoms with van der Waals surface area (Å²) in [6.45, 7) is 5.39. The van der Waals surface area contributed by atoms with Gasteiger partial charge in [-0.15, -0.1) is 0 Å². The lowest BCUT2D eigenvalue weighted by atomic mass is 9.99. The number of hydrogen-bond acceptors (Lipinski definition) is 2. The van der Waals surface area contributed by atoms with E-state index in [-0.39, 0.29) is 0 Å². The average Bonchev–Trinajstić information content (AvgIpc) is 2.27. The van der Waals surface area contributed by atoms with Crippen molar-refractivity contribution in [1.29, 1.82) is 0 Å². The lowest BCUT2D eigenvalue weighted by molar-refractivity contribution is 0.188. The summed E-state index contributed by atoms with van der Waals surface area (Å²) < 4.78 is 0. The number of amides is 4. The Bertz CT molecular complexity index is 463. The highest BCUT2D eigenvalue weighted by Crippen LogP contribution is 2.20. The molecule has 0 aliphatic carbocycles. The molecule has 1 heterocycles. The smallest absolute Gasteiger partial charge is 0.311 e. The van der Waals surface area contributed by atoms with Gasteiger partial charge in [-0.25, -0.2) is 9.59 Å². The van der Waals surface area contributed by atoms with Crippen molar-refractivity contribution in [2.45, 2.75) is 12.6 Å². The van der Waals surface area contributed by atoms with Crippen LogP contribution in [0.25, 0.3) is 6.08 Å².